The minimum atomic E-state index is 1.16. The predicted octanol–water partition coefficient (Wildman–Crippen LogP) is 3.95. The highest BCUT2D eigenvalue weighted by atomic mass is 32.1. The molecule has 1 fully saturated rings. The standard InChI is InChI=1S/C16H21N3S/c1-3-7-12-13(8-4-1)20-16-14(12)15(17-11-18-16)19-9-5-2-6-10-19/h11H,1-10H2. The summed E-state index contributed by atoms with van der Waals surface area (Å²) in [5.41, 5.74) is 1.57. The molecule has 0 N–H and O–H groups in total. The number of fused-ring (bicyclic) bond motifs is 3. The van der Waals surface area contributed by atoms with Gasteiger partial charge in [-0.05, 0) is 50.5 Å². The molecule has 3 heterocycles. The maximum atomic E-state index is 4.66. The molecule has 1 saturated heterocycles. The molecule has 0 spiro atoms. The van der Waals surface area contributed by atoms with Gasteiger partial charge in [-0.3, -0.25) is 0 Å². The van der Waals surface area contributed by atoms with Crippen LogP contribution in [0.3, 0.4) is 0 Å². The maximum Gasteiger partial charge on any atom is 0.141 e. The first-order valence-corrected chi connectivity index (χ1v) is 8.75. The van der Waals surface area contributed by atoms with Gasteiger partial charge in [0.2, 0.25) is 0 Å². The molecule has 0 unspecified atom stereocenters. The number of thiophene rings is 1. The molecule has 4 heteroatoms. The van der Waals surface area contributed by atoms with Crippen LogP contribution >= 0.6 is 11.3 Å². The van der Waals surface area contributed by atoms with Crippen molar-refractivity contribution >= 4 is 27.4 Å². The van der Waals surface area contributed by atoms with Gasteiger partial charge in [-0.25, -0.2) is 9.97 Å². The van der Waals surface area contributed by atoms with Crippen LogP contribution in [0.2, 0.25) is 0 Å². The minimum Gasteiger partial charge on any atom is -0.356 e. The van der Waals surface area contributed by atoms with Crippen LogP contribution in [-0.4, -0.2) is 23.1 Å². The zero-order valence-electron chi connectivity index (χ0n) is 11.9. The van der Waals surface area contributed by atoms with E-state index in [9.17, 15) is 0 Å². The average Bonchev–Trinajstić information content (AvgIpc) is 2.70. The quantitative estimate of drug-likeness (QED) is 0.744. The van der Waals surface area contributed by atoms with Crippen LogP contribution in [0.1, 0.15) is 49.0 Å². The highest BCUT2D eigenvalue weighted by molar-refractivity contribution is 7.18. The molecule has 3 nitrogen and oxygen atoms in total. The SMILES string of the molecule is c1nc(N2CCCCC2)c2c3c(sc2n1)CCCCC3. The zero-order valence-corrected chi connectivity index (χ0v) is 12.7. The zero-order chi connectivity index (χ0) is 13.4. The van der Waals surface area contributed by atoms with Crippen molar-refractivity contribution in [2.24, 2.45) is 0 Å². The van der Waals surface area contributed by atoms with Gasteiger partial charge in [0.05, 0.1) is 5.39 Å². The first-order chi connectivity index (χ1) is 9.93. The highest BCUT2D eigenvalue weighted by Crippen LogP contribution is 2.39. The lowest BCUT2D eigenvalue weighted by molar-refractivity contribution is 0.574. The molecule has 20 heavy (non-hydrogen) atoms. The third kappa shape index (κ3) is 2.10. The molecular weight excluding hydrogens is 266 g/mol. The van der Waals surface area contributed by atoms with Gasteiger partial charge >= 0.3 is 0 Å². The lowest BCUT2D eigenvalue weighted by Gasteiger charge is -2.28. The summed E-state index contributed by atoms with van der Waals surface area (Å²) in [7, 11) is 0. The molecule has 0 saturated carbocycles. The van der Waals surface area contributed by atoms with E-state index in [0.29, 0.717) is 0 Å². The Kier molecular flexibility index (Phi) is 3.34. The van der Waals surface area contributed by atoms with E-state index in [0.717, 1.165) is 13.1 Å². The summed E-state index contributed by atoms with van der Waals surface area (Å²) in [6.07, 6.45) is 12.2. The van der Waals surface area contributed by atoms with Gasteiger partial charge in [-0.15, -0.1) is 11.3 Å². The number of aromatic nitrogens is 2. The normalized spacial score (nSPS) is 19.9. The van der Waals surface area contributed by atoms with E-state index in [-0.39, 0.29) is 0 Å². The monoisotopic (exact) mass is 287 g/mol. The van der Waals surface area contributed by atoms with Crippen molar-refractivity contribution in [3.05, 3.63) is 16.8 Å². The van der Waals surface area contributed by atoms with Crippen LogP contribution < -0.4 is 4.90 Å². The number of aryl methyl sites for hydroxylation is 2. The lowest BCUT2D eigenvalue weighted by Crippen LogP contribution is -2.30. The summed E-state index contributed by atoms with van der Waals surface area (Å²) < 4.78 is 0. The third-order valence-electron chi connectivity index (χ3n) is 4.64. The van der Waals surface area contributed by atoms with Crippen LogP contribution in [-0.2, 0) is 12.8 Å². The highest BCUT2D eigenvalue weighted by Gasteiger charge is 2.22. The largest absolute Gasteiger partial charge is 0.356 e. The molecular formula is C16H21N3S. The Morgan fingerprint density at radius 3 is 2.60 bits per heavy atom. The molecule has 0 radical (unpaired) electrons. The van der Waals surface area contributed by atoms with Crippen LogP contribution in [0.4, 0.5) is 5.82 Å². The van der Waals surface area contributed by atoms with Gasteiger partial charge in [-0.1, -0.05) is 6.42 Å². The second kappa shape index (κ2) is 5.32. The van der Waals surface area contributed by atoms with E-state index in [1.165, 1.54) is 67.4 Å². The summed E-state index contributed by atoms with van der Waals surface area (Å²) in [5.74, 6) is 1.22. The minimum absolute atomic E-state index is 1.16. The summed E-state index contributed by atoms with van der Waals surface area (Å²) in [6, 6.07) is 0. The molecule has 0 bridgehead atoms. The first kappa shape index (κ1) is 12.6. The number of hydrogen-bond acceptors (Lipinski definition) is 4. The third-order valence-corrected chi connectivity index (χ3v) is 5.84. The van der Waals surface area contributed by atoms with Gasteiger partial charge in [-0.2, -0.15) is 0 Å². The summed E-state index contributed by atoms with van der Waals surface area (Å²) in [4.78, 5) is 14.5. The van der Waals surface area contributed by atoms with E-state index in [1.54, 1.807) is 16.8 Å². The van der Waals surface area contributed by atoms with Gasteiger partial charge in [0, 0.05) is 18.0 Å². The van der Waals surface area contributed by atoms with Crippen molar-refractivity contribution in [3.63, 3.8) is 0 Å². The fraction of sp³-hybridized carbons (Fsp3) is 0.625. The van der Waals surface area contributed by atoms with Gasteiger partial charge in [0.1, 0.15) is 17.0 Å². The fourth-order valence-electron chi connectivity index (χ4n) is 3.60. The summed E-state index contributed by atoms with van der Waals surface area (Å²) in [5, 5.41) is 1.39. The Morgan fingerprint density at radius 1 is 0.900 bits per heavy atom. The summed E-state index contributed by atoms with van der Waals surface area (Å²) >= 11 is 1.91. The van der Waals surface area contributed by atoms with E-state index in [1.807, 2.05) is 11.3 Å². The van der Waals surface area contributed by atoms with E-state index >= 15 is 0 Å². The van der Waals surface area contributed by atoms with Crippen molar-refractivity contribution in [1.82, 2.24) is 9.97 Å². The Morgan fingerprint density at radius 2 is 1.70 bits per heavy atom. The van der Waals surface area contributed by atoms with E-state index in [4.69, 9.17) is 0 Å². The van der Waals surface area contributed by atoms with Gasteiger partial charge in [0.15, 0.2) is 0 Å². The van der Waals surface area contributed by atoms with Crippen molar-refractivity contribution in [2.45, 2.75) is 51.4 Å². The second-order valence-corrected chi connectivity index (χ2v) is 7.07. The molecule has 4 rings (SSSR count). The fourth-order valence-corrected chi connectivity index (χ4v) is 4.82. The molecule has 0 atom stereocenters. The van der Waals surface area contributed by atoms with Crippen LogP contribution in [0.15, 0.2) is 6.33 Å². The Labute approximate surface area is 124 Å². The number of piperidine rings is 1. The molecule has 2 aliphatic rings. The molecule has 0 amide bonds. The molecule has 106 valence electrons. The second-order valence-electron chi connectivity index (χ2n) is 5.99. The topological polar surface area (TPSA) is 29.0 Å². The van der Waals surface area contributed by atoms with Gasteiger partial charge in [0.25, 0.3) is 0 Å². The molecule has 2 aromatic rings. The van der Waals surface area contributed by atoms with Crippen LogP contribution in [0.5, 0.6) is 0 Å². The first-order valence-electron chi connectivity index (χ1n) is 7.94. The van der Waals surface area contributed by atoms with E-state index < -0.39 is 0 Å². The average molecular weight is 287 g/mol. The molecule has 1 aliphatic heterocycles. The van der Waals surface area contributed by atoms with Crippen LogP contribution in [0, 0.1) is 0 Å². The maximum absolute atomic E-state index is 4.66. The number of rotatable bonds is 1. The molecule has 2 aromatic heterocycles. The smallest absolute Gasteiger partial charge is 0.141 e. The lowest BCUT2D eigenvalue weighted by atomic mass is 10.1. The van der Waals surface area contributed by atoms with Crippen molar-refractivity contribution < 1.29 is 0 Å². The van der Waals surface area contributed by atoms with E-state index in [2.05, 4.69) is 14.9 Å². The van der Waals surface area contributed by atoms with Gasteiger partial charge < -0.3 is 4.90 Å². The molecule has 0 aromatic carbocycles. The van der Waals surface area contributed by atoms with Crippen molar-refractivity contribution in [1.29, 1.82) is 0 Å². The Hall–Kier alpha value is -1.16. The predicted molar refractivity (Wildman–Crippen MR) is 84.7 cm³/mol. The number of hydrogen-bond donors (Lipinski definition) is 0. The number of anilines is 1. The van der Waals surface area contributed by atoms with Crippen molar-refractivity contribution in [2.75, 3.05) is 18.0 Å². The van der Waals surface area contributed by atoms with Crippen LogP contribution in [0.25, 0.3) is 10.2 Å². The Bertz CT molecular complexity index is 613. The Balaban J connectivity index is 1.85. The number of nitrogens with zero attached hydrogens (tertiary/aromatic N) is 3. The van der Waals surface area contributed by atoms with Crippen molar-refractivity contribution in [3.8, 4) is 0 Å². The molecule has 1 aliphatic carbocycles. The summed E-state index contributed by atoms with van der Waals surface area (Å²) in [6.45, 7) is 2.33.